The first kappa shape index (κ1) is 19.2. The van der Waals surface area contributed by atoms with E-state index in [2.05, 4.69) is 0 Å². The molecule has 2 heterocycles. The molecule has 4 rings (SSSR count). The van der Waals surface area contributed by atoms with E-state index >= 15 is 0 Å². The highest BCUT2D eigenvalue weighted by atomic mass is 16.5. The lowest BCUT2D eigenvalue weighted by molar-refractivity contribution is 0.0716. The minimum Gasteiger partial charge on any atom is -0.494 e. The summed E-state index contributed by atoms with van der Waals surface area (Å²) in [5.74, 6) is 0.485. The van der Waals surface area contributed by atoms with Gasteiger partial charge in [0.1, 0.15) is 11.3 Å². The molecule has 150 valence electrons. The first-order valence-electron chi connectivity index (χ1n) is 9.77. The van der Waals surface area contributed by atoms with Gasteiger partial charge in [-0.2, -0.15) is 0 Å². The molecular formula is C23H23NO5. The highest BCUT2D eigenvalue weighted by Gasteiger charge is 2.42. The van der Waals surface area contributed by atoms with E-state index in [9.17, 15) is 14.7 Å². The van der Waals surface area contributed by atoms with Crippen molar-refractivity contribution < 1.29 is 19.1 Å². The Morgan fingerprint density at radius 1 is 1.14 bits per heavy atom. The Morgan fingerprint density at radius 2 is 1.90 bits per heavy atom. The van der Waals surface area contributed by atoms with Gasteiger partial charge in [-0.1, -0.05) is 23.8 Å². The van der Waals surface area contributed by atoms with Crippen LogP contribution in [0.2, 0.25) is 0 Å². The zero-order valence-corrected chi connectivity index (χ0v) is 16.5. The SMILES string of the molecule is CCOc1ccc(C2c3c(oc4ccc(C)cc4c3=O)C(=O)N2CCCO)cc1. The maximum atomic E-state index is 13.4. The zero-order chi connectivity index (χ0) is 20.5. The van der Waals surface area contributed by atoms with E-state index in [1.807, 2.05) is 44.2 Å². The number of benzene rings is 2. The van der Waals surface area contributed by atoms with Gasteiger partial charge < -0.3 is 19.2 Å². The molecule has 6 nitrogen and oxygen atoms in total. The van der Waals surface area contributed by atoms with E-state index in [1.54, 1.807) is 17.0 Å². The first-order chi connectivity index (χ1) is 14.0. The van der Waals surface area contributed by atoms with Crippen molar-refractivity contribution in [2.45, 2.75) is 26.3 Å². The molecule has 29 heavy (non-hydrogen) atoms. The summed E-state index contributed by atoms with van der Waals surface area (Å²) in [6.07, 6.45) is 0.417. The van der Waals surface area contributed by atoms with Crippen molar-refractivity contribution in [3.63, 3.8) is 0 Å². The number of aliphatic hydroxyl groups is 1. The Hall–Kier alpha value is -3.12. The first-order valence-corrected chi connectivity index (χ1v) is 9.77. The second-order valence-corrected chi connectivity index (χ2v) is 7.15. The van der Waals surface area contributed by atoms with Crippen LogP contribution in [-0.4, -0.2) is 35.7 Å². The Morgan fingerprint density at radius 3 is 2.59 bits per heavy atom. The normalized spacial score (nSPS) is 15.8. The molecule has 0 saturated heterocycles. The predicted molar refractivity (Wildman–Crippen MR) is 109 cm³/mol. The standard InChI is InChI=1S/C23H23NO5/c1-3-28-16-8-6-15(7-9-16)20-19-21(26)17-13-14(2)5-10-18(17)29-22(19)23(27)24(20)11-4-12-25/h5-10,13,20,25H,3-4,11-12H2,1-2H3. The molecule has 1 aliphatic rings. The van der Waals surface area contributed by atoms with E-state index in [1.165, 1.54) is 0 Å². The van der Waals surface area contributed by atoms with Crippen LogP contribution in [0, 0.1) is 6.92 Å². The fourth-order valence-electron chi connectivity index (χ4n) is 3.87. The van der Waals surface area contributed by atoms with E-state index in [0.29, 0.717) is 36.1 Å². The molecule has 1 amide bonds. The van der Waals surface area contributed by atoms with Crippen molar-refractivity contribution in [2.24, 2.45) is 0 Å². The lowest BCUT2D eigenvalue weighted by Crippen LogP contribution is -2.31. The Bertz CT molecular complexity index is 1120. The van der Waals surface area contributed by atoms with Crippen molar-refractivity contribution >= 4 is 16.9 Å². The molecule has 6 heteroatoms. The van der Waals surface area contributed by atoms with Gasteiger partial charge in [0.25, 0.3) is 5.91 Å². The summed E-state index contributed by atoms with van der Waals surface area (Å²) in [7, 11) is 0. The average Bonchev–Trinajstić information content (AvgIpc) is 3.00. The van der Waals surface area contributed by atoms with E-state index in [-0.39, 0.29) is 23.7 Å². The molecule has 1 aliphatic heterocycles. The summed E-state index contributed by atoms with van der Waals surface area (Å²) in [5.41, 5.74) is 2.32. The van der Waals surface area contributed by atoms with Gasteiger partial charge in [0.15, 0.2) is 5.43 Å². The van der Waals surface area contributed by atoms with Crippen molar-refractivity contribution in [1.82, 2.24) is 4.90 Å². The smallest absolute Gasteiger partial charge is 0.290 e. The fourth-order valence-corrected chi connectivity index (χ4v) is 3.87. The molecule has 3 aromatic rings. The molecule has 0 fully saturated rings. The Labute approximate surface area is 168 Å². The van der Waals surface area contributed by atoms with E-state index in [0.717, 1.165) is 16.9 Å². The highest BCUT2D eigenvalue weighted by Crippen LogP contribution is 2.38. The Balaban J connectivity index is 1.90. The van der Waals surface area contributed by atoms with Crippen molar-refractivity contribution in [3.8, 4) is 5.75 Å². The molecule has 0 saturated carbocycles. The number of fused-ring (bicyclic) bond motifs is 2. The van der Waals surface area contributed by atoms with Gasteiger partial charge in [0.2, 0.25) is 5.76 Å². The number of amides is 1. The number of aliphatic hydroxyl groups excluding tert-OH is 1. The summed E-state index contributed by atoms with van der Waals surface area (Å²) in [6, 6.07) is 12.2. The molecule has 1 aromatic heterocycles. The number of ether oxygens (including phenoxy) is 1. The van der Waals surface area contributed by atoms with Crippen molar-refractivity contribution in [1.29, 1.82) is 0 Å². The van der Waals surface area contributed by atoms with Crippen molar-refractivity contribution in [3.05, 3.63) is 75.1 Å². The minimum absolute atomic E-state index is 0.0430. The van der Waals surface area contributed by atoms with Crippen LogP contribution in [0.4, 0.5) is 0 Å². The summed E-state index contributed by atoms with van der Waals surface area (Å²) in [6.45, 7) is 4.66. The number of carbonyl (C=O) groups excluding carboxylic acids is 1. The van der Waals surface area contributed by atoms with Crippen LogP contribution < -0.4 is 10.2 Å². The monoisotopic (exact) mass is 393 g/mol. The third-order valence-corrected chi connectivity index (χ3v) is 5.19. The molecular weight excluding hydrogens is 370 g/mol. The third-order valence-electron chi connectivity index (χ3n) is 5.19. The van der Waals surface area contributed by atoms with Gasteiger partial charge in [-0.05, 0) is 50.1 Å². The van der Waals surface area contributed by atoms with Gasteiger partial charge in [0.05, 0.1) is 23.6 Å². The maximum absolute atomic E-state index is 13.4. The molecule has 0 spiro atoms. The van der Waals surface area contributed by atoms with Gasteiger partial charge in [-0.3, -0.25) is 9.59 Å². The van der Waals surface area contributed by atoms with Gasteiger partial charge >= 0.3 is 0 Å². The number of aryl methyl sites for hydroxylation is 1. The molecule has 2 aromatic carbocycles. The Kier molecular flexibility index (Phi) is 5.11. The van der Waals surface area contributed by atoms with Crippen LogP contribution in [0.15, 0.2) is 51.7 Å². The summed E-state index contributed by atoms with van der Waals surface area (Å²) in [4.78, 5) is 28.1. The minimum atomic E-state index is -0.555. The van der Waals surface area contributed by atoms with Gasteiger partial charge in [-0.15, -0.1) is 0 Å². The molecule has 0 radical (unpaired) electrons. The van der Waals surface area contributed by atoms with Crippen LogP contribution in [0.25, 0.3) is 11.0 Å². The third kappa shape index (κ3) is 3.29. The fraction of sp³-hybridized carbons (Fsp3) is 0.304. The zero-order valence-electron chi connectivity index (χ0n) is 16.5. The summed E-state index contributed by atoms with van der Waals surface area (Å²) in [5, 5.41) is 9.75. The average molecular weight is 393 g/mol. The van der Waals surface area contributed by atoms with Crippen LogP contribution in [0.1, 0.15) is 46.6 Å². The molecule has 0 aliphatic carbocycles. The number of nitrogens with zero attached hydrogens (tertiary/aromatic N) is 1. The number of hydrogen-bond acceptors (Lipinski definition) is 5. The predicted octanol–water partition coefficient (Wildman–Crippen LogP) is 3.43. The highest BCUT2D eigenvalue weighted by molar-refractivity contribution is 5.99. The molecule has 1 N–H and O–H groups in total. The van der Waals surface area contributed by atoms with Crippen LogP contribution in [-0.2, 0) is 0 Å². The lowest BCUT2D eigenvalue weighted by atomic mass is 9.98. The molecule has 1 unspecified atom stereocenters. The largest absolute Gasteiger partial charge is 0.494 e. The van der Waals surface area contributed by atoms with E-state index < -0.39 is 6.04 Å². The molecule has 0 bridgehead atoms. The number of rotatable bonds is 6. The van der Waals surface area contributed by atoms with E-state index in [4.69, 9.17) is 9.15 Å². The second-order valence-electron chi connectivity index (χ2n) is 7.15. The summed E-state index contributed by atoms with van der Waals surface area (Å²) < 4.78 is 11.4. The molecule has 1 atom stereocenters. The van der Waals surface area contributed by atoms with Crippen molar-refractivity contribution in [2.75, 3.05) is 19.8 Å². The summed E-state index contributed by atoms with van der Waals surface area (Å²) >= 11 is 0. The van der Waals surface area contributed by atoms with Crippen LogP contribution in [0.5, 0.6) is 5.75 Å². The topological polar surface area (TPSA) is 80.0 Å². The van der Waals surface area contributed by atoms with Gasteiger partial charge in [0, 0.05) is 13.2 Å². The maximum Gasteiger partial charge on any atom is 0.290 e. The van der Waals surface area contributed by atoms with Crippen LogP contribution in [0.3, 0.4) is 0 Å². The lowest BCUT2D eigenvalue weighted by Gasteiger charge is -2.25. The quantitative estimate of drug-likeness (QED) is 0.694. The van der Waals surface area contributed by atoms with Crippen LogP contribution >= 0.6 is 0 Å². The number of carbonyl (C=O) groups is 1. The number of hydrogen-bond donors (Lipinski definition) is 1. The second kappa shape index (κ2) is 7.72. The van der Waals surface area contributed by atoms with Gasteiger partial charge in [-0.25, -0.2) is 0 Å².